The van der Waals surface area contributed by atoms with E-state index < -0.39 is 0 Å². The predicted molar refractivity (Wildman–Crippen MR) is 235 cm³/mol. The molecule has 0 aliphatic carbocycles. The van der Waals surface area contributed by atoms with Gasteiger partial charge in [0, 0.05) is 38.4 Å². The molecule has 2 aromatic heterocycles. The van der Waals surface area contributed by atoms with E-state index in [1.54, 1.807) is 0 Å². The van der Waals surface area contributed by atoms with Crippen LogP contribution in [0.1, 0.15) is 79.4 Å². The molecule has 0 fully saturated rings. The Balaban J connectivity index is 0.00000297. The zero-order valence-electron chi connectivity index (χ0n) is 32.5. The third-order valence-corrected chi connectivity index (χ3v) is 8.93. The summed E-state index contributed by atoms with van der Waals surface area (Å²) in [6, 6.07) is 17.0. The Kier molecular flexibility index (Phi) is 14.4. The van der Waals surface area contributed by atoms with E-state index in [2.05, 4.69) is 174 Å². The smallest absolute Gasteiger partial charge is 0.144 e. The molecule has 0 radical (unpaired) electrons. The summed E-state index contributed by atoms with van der Waals surface area (Å²) < 4.78 is 9.03. The Morgan fingerprint density at radius 3 is 2.19 bits per heavy atom. The minimum absolute atomic E-state index is 0.858. The van der Waals surface area contributed by atoms with Gasteiger partial charge in [0.05, 0.1) is 11.0 Å². The molecule has 0 saturated carbocycles. The molecule has 0 spiro atoms. The first kappa shape index (κ1) is 39.2. The van der Waals surface area contributed by atoms with Gasteiger partial charge < -0.3 is 8.98 Å². The standard InChI is InChI=1S/C48H49NO.C2H6/c1-9-14-16-17-19-26-34(6)35(7)32-38(33-36(8)37(24-11-3)27-18-15-10-2)49-43-30-22-20-28-41(43)45-46-42-29-21-23-31-44(42)50-48(46)39(13-5)40(25-12-4)47(45)49;1-2/h10,12-33H,5,8-9,11H2,1-4,6-7H3;1-2H3/b15-10-,16-14+,19-17-,25-12-,27-18-,34-26+,35-32+,37-24-,38-33+;. The molecule has 266 valence electrons. The van der Waals surface area contributed by atoms with Crippen LogP contribution in [0.5, 0.6) is 0 Å². The SMILES string of the molecule is C=Cc1c(/C=C\C)c2c(c3ccccc3n2C(/C=C(C)/C(C)=C/C=C\C=C\CC)=C/C(=C)C(/C=C\C=C/C)=C\CC)c2c1oc1ccccc12.CC. The van der Waals surface area contributed by atoms with Gasteiger partial charge in [-0.3, -0.25) is 0 Å². The van der Waals surface area contributed by atoms with E-state index in [-0.39, 0.29) is 0 Å². The molecular weight excluding hydrogens is 631 g/mol. The highest BCUT2D eigenvalue weighted by Gasteiger charge is 2.24. The van der Waals surface area contributed by atoms with E-state index in [1.807, 2.05) is 39.0 Å². The van der Waals surface area contributed by atoms with Gasteiger partial charge in [-0.25, -0.2) is 0 Å². The van der Waals surface area contributed by atoms with E-state index in [0.29, 0.717) is 0 Å². The van der Waals surface area contributed by atoms with Gasteiger partial charge in [0.25, 0.3) is 0 Å². The van der Waals surface area contributed by atoms with Crippen LogP contribution in [0.15, 0.2) is 167 Å². The lowest BCUT2D eigenvalue weighted by Gasteiger charge is -2.16. The summed E-state index contributed by atoms with van der Waals surface area (Å²) in [7, 11) is 0. The summed E-state index contributed by atoms with van der Waals surface area (Å²) in [5.41, 5.74) is 11.4. The second kappa shape index (κ2) is 19.1. The highest BCUT2D eigenvalue weighted by Crippen LogP contribution is 2.46. The number of furan rings is 1. The highest BCUT2D eigenvalue weighted by molar-refractivity contribution is 6.30. The number of benzene rings is 3. The fourth-order valence-corrected chi connectivity index (χ4v) is 6.46. The lowest BCUT2D eigenvalue weighted by atomic mass is 9.96. The van der Waals surface area contributed by atoms with Crippen LogP contribution in [-0.4, -0.2) is 4.57 Å². The van der Waals surface area contributed by atoms with Crippen LogP contribution in [0.25, 0.3) is 61.6 Å². The molecule has 5 rings (SSSR count). The fourth-order valence-electron chi connectivity index (χ4n) is 6.46. The molecule has 0 aliphatic rings. The number of aromatic nitrogens is 1. The number of hydrogen-bond acceptors (Lipinski definition) is 1. The Morgan fingerprint density at radius 2 is 1.50 bits per heavy atom. The Bertz CT molecular complexity index is 2340. The molecule has 52 heavy (non-hydrogen) atoms. The zero-order chi connectivity index (χ0) is 37.6. The van der Waals surface area contributed by atoms with Crippen molar-refractivity contribution in [3.05, 3.63) is 174 Å². The molecular formula is C50H55NO. The third-order valence-electron chi connectivity index (χ3n) is 8.93. The normalized spacial score (nSPS) is 13.8. The van der Waals surface area contributed by atoms with Crippen LogP contribution in [-0.2, 0) is 0 Å². The first-order chi connectivity index (χ1) is 25.4. The minimum atomic E-state index is 0.858. The Hall–Kier alpha value is -5.60. The molecule has 2 nitrogen and oxygen atoms in total. The fraction of sp³-hybridized carbons (Fsp3) is 0.200. The molecule has 0 N–H and O–H groups in total. The quantitative estimate of drug-likeness (QED) is 0.113. The largest absolute Gasteiger partial charge is 0.455 e. The molecule has 2 heterocycles. The number of para-hydroxylation sites is 2. The second-order valence-corrected chi connectivity index (χ2v) is 12.4. The number of nitrogens with zero attached hydrogens (tertiary/aromatic N) is 1. The number of hydrogen-bond donors (Lipinski definition) is 0. The van der Waals surface area contributed by atoms with Crippen molar-refractivity contribution >= 4 is 61.6 Å². The molecule has 0 saturated heterocycles. The van der Waals surface area contributed by atoms with Crippen LogP contribution in [0.3, 0.4) is 0 Å². The maximum absolute atomic E-state index is 6.62. The molecule has 5 aromatic rings. The second-order valence-electron chi connectivity index (χ2n) is 12.4. The van der Waals surface area contributed by atoms with Crippen LogP contribution >= 0.6 is 0 Å². The maximum Gasteiger partial charge on any atom is 0.144 e. The predicted octanol–water partition coefficient (Wildman–Crippen LogP) is 15.7. The van der Waals surface area contributed by atoms with Gasteiger partial charge in [-0.05, 0) is 87.1 Å². The van der Waals surface area contributed by atoms with Gasteiger partial charge in [0.15, 0.2) is 0 Å². The number of allylic oxidation sites excluding steroid dienone is 18. The lowest BCUT2D eigenvalue weighted by molar-refractivity contribution is 0.668. The zero-order valence-corrected chi connectivity index (χ0v) is 32.5. The number of rotatable bonds is 13. The third kappa shape index (κ3) is 8.30. The van der Waals surface area contributed by atoms with Gasteiger partial charge in [-0.1, -0.05) is 156 Å². The summed E-state index contributed by atoms with van der Waals surface area (Å²) in [5, 5.41) is 4.53. The first-order valence-electron chi connectivity index (χ1n) is 18.6. The topological polar surface area (TPSA) is 18.1 Å². The van der Waals surface area contributed by atoms with Gasteiger partial charge in [0.1, 0.15) is 11.2 Å². The van der Waals surface area contributed by atoms with Crippen LogP contribution in [0.2, 0.25) is 0 Å². The van der Waals surface area contributed by atoms with E-state index in [9.17, 15) is 0 Å². The van der Waals surface area contributed by atoms with Gasteiger partial charge >= 0.3 is 0 Å². The monoisotopic (exact) mass is 685 g/mol. The van der Waals surface area contributed by atoms with Gasteiger partial charge in [-0.2, -0.15) is 0 Å². The van der Waals surface area contributed by atoms with E-state index >= 15 is 0 Å². The molecule has 0 atom stereocenters. The molecule has 3 aromatic carbocycles. The van der Waals surface area contributed by atoms with Crippen molar-refractivity contribution in [1.29, 1.82) is 0 Å². The van der Waals surface area contributed by atoms with Gasteiger partial charge in [-0.15, -0.1) is 0 Å². The summed E-state index contributed by atoms with van der Waals surface area (Å²) in [5.74, 6) is 0. The van der Waals surface area contributed by atoms with E-state index in [0.717, 1.165) is 90.1 Å². The van der Waals surface area contributed by atoms with Crippen molar-refractivity contribution in [2.45, 2.75) is 68.2 Å². The summed E-state index contributed by atoms with van der Waals surface area (Å²) in [4.78, 5) is 0. The van der Waals surface area contributed by atoms with Crippen molar-refractivity contribution in [2.24, 2.45) is 0 Å². The van der Waals surface area contributed by atoms with Crippen molar-refractivity contribution < 1.29 is 4.42 Å². The van der Waals surface area contributed by atoms with E-state index in [4.69, 9.17) is 4.42 Å². The van der Waals surface area contributed by atoms with Crippen LogP contribution in [0.4, 0.5) is 0 Å². The van der Waals surface area contributed by atoms with Crippen LogP contribution < -0.4 is 0 Å². The average Bonchev–Trinajstić information content (AvgIpc) is 3.71. The molecule has 0 unspecified atom stereocenters. The Labute approximate surface area is 311 Å². The lowest BCUT2D eigenvalue weighted by Crippen LogP contribution is -2.00. The Morgan fingerprint density at radius 1 is 0.769 bits per heavy atom. The van der Waals surface area contributed by atoms with Crippen molar-refractivity contribution in [3.8, 4) is 0 Å². The van der Waals surface area contributed by atoms with Crippen molar-refractivity contribution in [3.63, 3.8) is 0 Å². The summed E-state index contributed by atoms with van der Waals surface area (Å²) in [6.07, 6.45) is 33.8. The molecule has 2 heteroatoms. The minimum Gasteiger partial charge on any atom is -0.455 e. The summed E-state index contributed by atoms with van der Waals surface area (Å²) in [6.45, 7) is 25.7. The summed E-state index contributed by atoms with van der Waals surface area (Å²) >= 11 is 0. The van der Waals surface area contributed by atoms with Crippen molar-refractivity contribution in [2.75, 3.05) is 0 Å². The van der Waals surface area contributed by atoms with Gasteiger partial charge in [0.2, 0.25) is 0 Å². The van der Waals surface area contributed by atoms with Crippen molar-refractivity contribution in [1.82, 2.24) is 4.57 Å². The van der Waals surface area contributed by atoms with E-state index in [1.165, 1.54) is 5.57 Å². The molecule has 0 bridgehead atoms. The molecule has 0 amide bonds. The average molecular weight is 686 g/mol. The maximum atomic E-state index is 6.62. The molecule has 0 aliphatic heterocycles. The number of fused-ring (bicyclic) bond motifs is 7. The van der Waals surface area contributed by atoms with Crippen LogP contribution in [0, 0.1) is 0 Å². The first-order valence-corrected chi connectivity index (χ1v) is 18.6. The highest BCUT2D eigenvalue weighted by atomic mass is 16.3.